The molecule has 1 heterocycles. The highest BCUT2D eigenvalue weighted by molar-refractivity contribution is 8.45. The lowest BCUT2D eigenvalue weighted by Gasteiger charge is -2.41. The van der Waals surface area contributed by atoms with Crippen LogP contribution in [0.15, 0.2) is 22.6 Å². The lowest BCUT2D eigenvalue weighted by molar-refractivity contribution is -0.759. The maximum Gasteiger partial charge on any atom is 0.511 e. The van der Waals surface area contributed by atoms with E-state index in [0.717, 1.165) is 6.92 Å². The molecule has 2 atom stereocenters. The molecular weight excluding hydrogens is 558 g/mol. The maximum absolute atomic E-state index is 13.6. The lowest BCUT2D eigenvalue weighted by Crippen LogP contribution is -2.41. The number of carbonyl (C=O) groups excluding carboxylic acids is 2. The van der Waals surface area contributed by atoms with Crippen molar-refractivity contribution < 1.29 is 71.1 Å². The summed E-state index contributed by atoms with van der Waals surface area (Å²) in [4.78, 5) is 35.3. The van der Waals surface area contributed by atoms with Crippen LogP contribution in [0, 0.1) is 10.1 Å². The summed E-state index contributed by atoms with van der Waals surface area (Å²) in [5.41, 5.74) is -2.94. The minimum Gasteiger partial charge on any atom is -0.475 e. The third-order valence-corrected chi connectivity index (χ3v) is 5.56. The van der Waals surface area contributed by atoms with Crippen LogP contribution in [-0.4, -0.2) is 49.0 Å². The van der Waals surface area contributed by atoms with E-state index in [4.69, 9.17) is 4.74 Å². The zero-order valence-corrected chi connectivity index (χ0v) is 19.4. The second-order valence-corrected chi connectivity index (χ2v) is 9.76. The Hall–Kier alpha value is -3.51. The second-order valence-electron chi connectivity index (χ2n) is 7.35. The molecule has 0 saturated carbocycles. The zero-order valence-electron chi connectivity index (χ0n) is 18.6. The summed E-state index contributed by atoms with van der Waals surface area (Å²) >= 11 is 0. The molecule has 37 heavy (non-hydrogen) atoms. The Balaban J connectivity index is 2.29. The van der Waals surface area contributed by atoms with E-state index in [0.29, 0.717) is 0 Å². The van der Waals surface area contributed by atoms with Gasteiger partial charge in [0.15, 0.2) is 0 Å². The normalized spacial score (nSPS) is 18.1. The Labute approximate surface area is 201 Å². The molecule has 2 rings (SSSR count). The summed E-state index contributed by atoms with van der Waals surface area (Å²) in [6.07, 6.45) is -11.4. The summed E-state index contributed by atoms with van der Waals surface area (Å²) in [5, 5.41) is 8.87. The molecular formula is C18H17F8NO9S. The fraction of sp³-hybridized carbons (Fsp3) is 0.444. The van der Waals surface area contributed by atoms with E-state index in [9.17, 15) is 52.3 Å². The van der Waals surface area contributed by atoms with Crippen molar-refractivity contribution in [1.29, 1.82) is 0 Å². The second kappa shape index (κ2) is 9.42. The van der Waals surface area contributed by atoms with E-state index in [-0.39, 0.29) is 18.2 Å². The SMILES string of the molecule is CCc1cc(S(F)(F)(F)(F)F)cc2c1OC(C(F)(F)F)C(C(=O)OCOC(=O)OC(C)CO[N+](=O)[O-])=C2. The van der Waals surface area contributed by atoms with Crippen LogP contribution in [0.1, 0.15) is 25.0 Å². The highest BCUT2D eigenvalue weighted by atomic mass is 32.5. The Kier molecular flexibility index (Phi) is 7.56. The molecule has 2 unspecified atom stereocenters. The van der Waals surface area contributed by atoms with Crippen molar-refractivity contribution >= 4 is 28.4 Å². The number of halogens is 8. The summed E-state index contributed by atoms with van der Waals surface area (Å²) < 4.78 is 125. The standard InChI is InChI=1S/C18H17F8NO9S/c1-3-10-4-12(37(22,23,24,25)26)5-11-6-13(15(18(19,20)21)36-14(10)11)16(28)32-8-33-17(29)35-9(2)7-34-27(30)31/h4-6,9,15H,3,7-8H2,1-2H3. The van der Waals surface area contributed by atoms with Crippen molar-refractivity contribution in [1.82, 2.24) is 0 Å². The van der Waals surface area contributed by atoms with E-state index in [2.05, 4.69) is 19.0 Å². The molecule has 1 aromatic rings. The number of carbonyl (C=O) groups is 2. The Morgan fingerprint density at radius 1 is 1.16 bits per heavy atom. The van der Waals surface area contributed by atoms with Crippen LogP contribution in [0.5, 0.6) is 5.75 Å². The molecule has 1 aliphatic heterocycles. The number of hydrogen-bond acceptors (Lipinski definition) is 9. The minimum atomic E-state index is -10.3. The number of alkyl halides is 3. The minimum absolute atomic E-state index is 0.0257. The van der Waals surface area contributed by atoms with Crippen molar-refractivity contribution in [2.45, 2.75) is 43.5 Å². The fourth-order valence-electron chi connectivity index (χ4n) is 2.87. The maximum atomic E-state index is 13.6. The number of esters is 1. The summed E-state index contributed by atoms with van der Waals surface area (Å²) in [6.45, 7) is 0.253. The molecule has 0 spiro atoms. The number of nitrogens with zero attached hydrogens (tertiary/aromatic N) is 1. The first-order chi connectivity index (χ1) is 16.6. The molecule has 0 aliphatic carbocycles. The van der Waals surface area contributed by atoms with Crippen LogP contribution in [0.2, 0.25) is 0 Å². The van der Waals surface area contributed by atoms with Crippen molar-refractivity contribution in [2.75, 3.05) is 13.4 Å². The van der Waals surface area contributed by atoms with E-state index in [1.165, 1.54) is 6.92 Å². The monoisotopic (exact) mass is 575 g/mol. The summed E-state index contributed by atoms with van der Waals surface area (Å²) in [7, 11) is -10.3. The van der Waals surface area contributed by atoms with Gasteiger partial charge in [-0.1, -0.05) is 26.4 Å². The number of hydrogen-bond donors (Lipinski definition) is 0. The smallest absolute Gasteiger partial charge is 0.475 e. The molecule has 0 bridgehead atoms. The van der Waals surface area contributed by atoms with E-state index in [1.54, 1.807) is 0 Å². The molecule has 210 valence electrons. The Bertz CT molecular complexity index is 1120. The molecule has 10 nitrogen and oxygen atoms in total. The van der Waals surface area contributed by atoms with Gasteiger partial charge in [-0.2, -0.15) is 13.2 Å². The predicted molar refractivity (Wildman–Crippen MR) is 107 cm³/mol. The van der Waals surface area contributed by atoms with Gasteiger partial charge in [0.2, 0.25) is 12.9 Å². The van der Waals surface area contributed by atoms with E-state index < -0.39 is 93.0 Å². The van der Waals surface area contributed by atoms with Crippen LogP contribution in [0.4, 0.5) is 37.4 Å². The number of aryl methyl sites for hydroxylation is 1. The average molecular weight is 575 g/mol. The van der Waals surface area contributed by atoms with Crippen LogP contribution in [0.3, 0.4) is 0 Å². The zero-order chi connectivity index (χ0) is 28.5. The van der Waals surface area contributed by atoms with Crippen molar-refractivity contribution in [3.05, 3.63) is 38.9 Å². The van der Waals surface area contributed by atoms with Crippen molar-refractivity contribution in [3.8, 4) is 5.75 Å². The van der Waals surface area contributed by atoms with Gasteiger partial charge in [-0.3, -0.25) is 0 Å². The van der Waals surface area contributed by atoms with Crippen molar-refractivity contribution in [3.63, 3.8) is 0 Å². The Morgan fingerprint density at radius 3 is 2.30 bits per heavy atom. The van der Waals surface area contributed by atoms with Crippen LogP contribution >= 0.6 is 10.2 Å². The average Bonchev–Trinajstić information content (AvgIpc) is 2.73. The van der Waals surface area contributed by atoms with Gasteiger partial charge < -0.3 is 23.8 Å². The molecule has 0 saturated heterocycles. The van der Waals surface area contributed by atoms with Crippen LogP contribution in [0.25, 0.3) is 6.08 Å². The third-order valence-electron chi connectivity index (χ3n) is 4.44. The first-order valence-electron chi connectivity index (χ1n) is 9.76. The quantitative estimate of drug-likeness (QED) is 0.117. The van der Waals surface area contributed by atoms with Gasteiger partial charge in [0.05, 0.1) is 5.57 Å². The number of fused-ring (bicyclic) bond motifs is 1. The van der Waals surface area contributed by atoms with Gasteiger partial charge in [0.25, 0.3) is 5.09 Å². The topological polar surface area (TPSA) is 123 Å². The summed E-state index contributed by atoms with van der Waals surface area (Å²) in [5.74, 6) is -2.67. The first kappa shape index (κ1) is 29.7. The fourth-order valence-corrected chi connectivity index (χ4v) is 3.58. The largest absolute Gasteiger partial charge is 0.511 e. The molecule has 1 aliphatic rings. The van der Waals surface area contributed by atoms with Gasteiger partial charge in [0, 0.05) is 5.56 Å². The van der Waals surface area contributed by atoms with Gasteiger partial charge in [-0.15, -0.1) is 10.1 Å². The molecule has 0 aromatic heterocycles. The number of benzene rings is 1. The van der Waals surface area contributed by atoms with Crippen LogP contribution < -0.4 is 4.74 Å². The van der Waals surface area contributed by atoms with Crippen LogP contribution in [-0.2, 0) is 30.3 Å². The third kappa shape index (κ3) is 7.99. The Morgan fingerprint density at radius 2 is 1.78 bits per heavy atom. The van der Waals surface area contributed by atoms with Crippen molar-refractivity contribution in [2.24, 2.45) is 0 Å². The lowest BCUT2D eigenvalue weighted by atomic mass is 9.98. The van der Waals surface area contributed by atoms with E-state index in [1.807, 2.05) is 0 Å². The van der Waals surface area contributed by atoms with E-state index >= 15 is 0 Å². The highest BCUT2D eigenvalue weighted by Crippen LogP contribution is 3.02. The first-order valence-corrected chi connectivity index (χ1v) is 11.7. The molecule has 19 heteroatoms. The molecule has 0 radical (unpaired) electrons. The molecule has 1 aromatic carbocycles. The predicted octanol–water partition coefficient (Wildman–Crippen LogP) is 5.86. The highest BCUT2D eigenvalue weighted by Gasteiger charge is 2.66. The molecule has 0 amide bonds. The van der Waals surface area contributed by atoms with Gasteiger partial charge in [-0.05, 0) is 37.1 Å². The van der Waals surface area contributed by atoms with Gasteiger partial charge in [0.1, 0.15) is 23.4 Å². The number of ether oxygens (including phenoxy) is 4. The molecule has 0 fully saturated rings. The van der Waals surface area contributed by atoms with Gasteiger partial charge >= 0.3 is 28.5 Å². The van der Waals surface area contributed by atoms with Gasteiger partial charge in [-0.25, -0.2) is 9.59 Å². The summed E-state index contributed by atoms with van der Waals surface area (Å²) in [6, 6.07) is -0.180. The molecule has 0 N–H and O–H groups in total. The number of rotatable bonds is 9.